The van der Waals surface area contributed by atoms with Crippen LogP contribution in [0.25, 0.3) is 11.0 Å². The molecule has 4 rings (SSSR count). The normalized spacial score (nSPS) is 11.5. The Labute approximate surface area is 206 Å². The van der Waals surface area contributed by atoms with Crippen molar-refractivity contribution in [2.75, 3.05) is 5.32 Å². The Balaban J connectivity index is 0.00000193. The smallest absolute Gasteiger partial charge is 0.128 e. The summed E-state index contributed by atoms with van der Waals surface area (Å²) < 4.78 is 4.38. The highest BCUT2D eigenvalue weighted by atomic mass is 35.5. The number of amidine groups is 1. The van der Waals surface area contributed by atoms with Gasteiger partial charge in [0.15, 0.2) is 0 Å². The van der Waals surface area contributed by atoms with E-state index >= 15 is 0 Å². The summed E-state index contributed by atoms with van der Waals surface area (Å²) in [7, 11) is 2.04. The molecule has 0 aliphatic carbocycles. The van der Waals surface area contributed by atoms with Crippen LogP contribution in [0, 0.1) is 12.3 Å². The SMILES string of the molecule is CCc1nc(C)cn1C(C)c1ccc2c(c1)nc(CNc1ccc(C(=N)N)cc1)n2C.Cl.Cl. The second-order valence-electron chi connectivity index (χ2n) is 7.92. The first-order chi connectivity index (χ1) is 14.9. The van der Waals surface area contributed by atoms with E-state index in [-0.39, 0.29) is 36.7 Å². The fourth-order valence-electron chi connectivity index (χ4n) is 3.96. The Morgan fingerprint density at radius 1 is 1.09 bits per heavy atom. The lowest BCUT2D eigenvalue weighted by molar-refractivity contribution is 0.606. The molecule has 0 aliphatic heterocycles. The van der Waals surface area contributed by atoms with Crippen LogP contribution in [0.4, 0.5) is 5.69 Å². The molecule has 33 heavy (non-hydrogen) atoms. The summed E-state index contributed by atoms with van der Waals surface area (Å²) in [6, 6.07) is 14.2. The second kappa shape index (κ2) is 10.7. The van der Waals surface area contributed by atoms with E-state index in [9.17, 15) is 0 Å². The van der Waals surface area contributed by atoms with Crippen molar-refractivity contribution >= 4 is 47.4 Å². The molecule has 0 radical (unpaired) electrons. The first-order valence-electron chi connectivity index (χ1n) is 10.5. The highest BCUT2D eigenvalue weighted by Crippen LogP contribution is 2.25. The Bertz CT molecular complexity index is 1240. The van der Waals surface area contributed by atoms with Gasteiger partial charge in [0, 0.05) is 30.9 Å². The predicted molar refractivity (Wildman–Crippen MR) is 140 cm³/mol. The molecular weight excluding hydrogens is 457 g/mol. The molecule has 176 valence electrons. The van der Waals surface area contributed by atoms with Crippen LogP contribution >= 0.6 is 24.8 Å². The van der Waals surface area contributed by atoms with Gasteiger partial charge in [-0.2, -0.15) is 0 Å². The molecular formula is C24H31Cl2N7. The minimum atomic E-state index is 0. The fraction of sp³-hybridized carbons (Fsp3) is 0.292. The third-order valence-electron chi connectivity index (χ3n) is 5.79. The number of hydrogen-bond acceptors (Lipinski definition) is 4. The van der Waals surface area contributed by atoms with Gasteiger partial charge in [0.25, 0.3) is 0 Å². The van der Waals surface area contributed by atoms with E-state index in [0.29, 0.717) is 12.1 Å². The number of nitrogen functional groups attached to an aromatic ring is 1. The van der Waals surface area contributed by atoms with Gasteiger partial charge in [-0.1, -0.05) is 13.0 Å². The molecule has 2 heterocycles. The van der Waals surface area contributed by atoms with Crippen molar-refractivity contribution in [2.24, 2.45) is 12.8 Å². The summed E-state index contributed by atoms with van der Waals surface area (Å²) >= 11 is 0. The maximum atomic E-state index is 7.50. The van der Waals surface area contributed by atoms with Crippen molar-refractivity contribution < 1.29 is 0 Å². The van der Waals surface area contributed by atoms with Crippen LogP contribution in [0.3, 0.4) is 0 Å². The summed E-state index contributed by atoms with van der Waals surface area (Å²) in [5, 5.41) is 10.9. The molecule has 2 aromatic heterocycles. The zero-order valence-corrected chi connectivity index (χ0v) is 20.9. The number of benzene rings is 2. The van der Waals surface area contributed by atoms with E-state index in [1.54, 1.807) is 0 Å². The van der Waals surface area contributed by atoms with Gasteiger partial charge in [0.2, 0.25) is 0 Å². The number of aryl methyl sites for hydroxylation is 3. The maximum absolute atomic E-state index is 7.50. The average Bonchev–Trinajstić information content (AvgIpc) is 3.31. The van der Waals surface area contributed by atoms with Crippen molar-refractivity contribution in [2.45, 2.75) is 39.8 Å². The third kappa shape index (κ3) is 5.31. The van der Waals surface area contributed by atoms with E-state index in [2.05, 4.69) is 57.7 Å². The molecule has 1 unspecified atom stereocenters. The molecule has 2 aromatic carbocycles. The van der Waals surface area contributed by atoms with Gasteiger partial charge >= 0.3 is 0 Å². The first-order valence-corrected chi connectivity index (χ1v) is 10.5. The van der Waals surface area contributed by atoms with Crippen LogP contribution in [0.1, 0.15) is 48.4 Å². The number of hydrogen-bond donors (Lipinski definition) is 3. The van der Waals surface area contributed by atoms with Crippen molar-refractivity contribution in [3.63, 3.8) is 0 Å². The Hall–Kier alpha value is -3.03. The van der Waals surface area contributed by atoms with Crippen molar-refractivity contribution in [3.8, 4) is 0 Å². The summed E-state index contributed by atoms with van der Waals surface area (Å²) in [5.74, 6) is 2.14. The number of fused-ring (bicyclic) bond motifs is 1. The van der Waals surface area contributed by atoms with Gasteiger partial charge in [-0.15, -0.1) is 24.8 Å². The van der Waals surface area contributed by atoms with Crippen molar-refractivity contribution in [1.82, 2.24) is 19.1 Å². The molecule has 0 saturated carbocycles. The van der Waals surface area contributed by atoms with Crippen LogP contribution in [0.5, 0.6) is 0 Å². The highest BCUT2D eigenvalue weighted by Gasteiger charge is 2.15. The molecule has 0 saturated heterocycles. The second-order valence-corrected chi connectivity index (χ2v) is 7.92. The topological polar surface area (TPSA) is 97.5 Å². The molecule has 7 nitrogen and oxygen atoms in total. The number of imidazole rings is 2. The lowest BCUT2D eigenvalue weighted by Crippen LogP contribution is -2.11. The quantitative estimate of drug-likeness (QED) is 0.252. The molecule has 0 amide bonds. The van der Waals surface area contributed by atoms with Gasteiger partial charge in [-0.3, -0.25) is 5.41 Å². The van der Waals surface area contributed by atoms with Crippen molar-refractivity contribution in [1.29, 1.82) is 5.41 Å². The molecule has 0 aliphatic rings. The maximum Gasteiger partial charge on any atom is 0.128 e. The highest BCUT2D eigenvalue weighted by molar-refractivity contribution is 5.95. The first kappa shape index (κ1) is 26.2. The summed E-state index contributed by atoms with van der Waals surface area (Å²) in [4.78, 5) is 9.52. The summed E-state index contributed by atoms with van der Waals surface area (Å²) in [6.07, 6.45) is 3.03. The number of aromatic nitrogens is 4. The van der Waals surface area contributed by atoms with Crippen LogP contribution < -0.4 is 11.1 Å². The number of halogens is 2. The number of anilines is 1. The van der Waals surface area contributed by atoms with Gasteiger partial charge in [0.1, 0.15) is 17.5 Å². The molecule has 4 aromatic rings. The van der Waals surface area contributed by atoms with Gasteiger partial charge in [-0.25, -0.2) is 9.97 Å². The number of nitrogens with one attached hydrogen (secondary N) is 2. The van der Waals surface area contributed by atoms with Crippen LogP contribution in [0.15, 0.2) is 48.7 Å². The van der Waals surface area contributed by atoms with Gasteiger partial charge in [-0.05, 0) is 55.8 Å². The van der Waals surface area contributed by atoms with E-state index in [1.807, 2.05) is 38.2 Å². The van der Waals surface area contributed by atoms with E-state index < -0.39 is 0 Å². The number of rotatable bonds is 7. The molecule has 1 atom stereocenters. The monoisotopic (exact) mass is 487 g/mol. The number of nitrogens with zero attached hydrogens (tertiary/aromatic N) is 4. The van der Waals surface area contributed by atoms with E-state index in [1.165, 1.54) is 5.56 Å². The molecule has 4 N–H and O–H groups in total. The summed E-state index contributed by atoms with van der Waals surface area (Å²) in [6.45, 7) is 6.99. The van der Waals surface area contributed by atoms with Gasteiger partial charge < -0.3 is 20.2 Å². The standard InChI is InChI=1S/C24H29N7.2ClH/c1-5-22-28-15(2)14-31(22)16(3)18-8-11-21-20(12-18)29-23(30(21)4)13-27-19-9-6-17(7-10-19)24(25)26;;/h6-12,14,16,27H,5,13H2,1-4H3,(H3,25,26);2*1H. The number of nitrogens with two attached hydrogens (primary N) is 1. The molecule has 0 bridgehead atoms. The van der Waals surface area contributed by atoms with Crippen molar-refractivity contribution in [3.05, 3.63) is 77.1 Å². The Morgan fingerprint density at radius 2 is 1.79 bits per heavy atom. The van der Waals surface area contributed by atoms with E-state index in [4.69, 9.17) is 16.1 Å². The van der Waals surface area contributed by atoms with Gasteiger partial charge in [0.05, 0.1) is 29.3 Å². The largest absolute Gasteiger partial charge is 0.384 e. The Morgan fingerprint density at radius 3 is 2.42 bits per heavy atom. The third-order valence-corrected chi connectivity index (χ3v) is 5.79. The van der Waals surface area contributed by atoms with Crippen LogP contribution in [-0.2, 0) is 20.0 Å². The fourth-order valence-corrected chi connectivity index (χ4v) is 3.96. The predicted octanol–water partition coefficient (Wildman–Crippen LogP) is 4.99. The van der Waals surface area contributed by atoms with Crippen LogP contribution in [-0.4, -0.2) is 24.9 Å². The minimum Gasteiger partial charge on any atom is -0.384 e. The zero-order chi connectivity index (χ0) is 22.1. The molecule has 0 spiro atoms. The minimum absolute atomic E-state index is 0. The Kier molecular flexibility index (Phi) is 8.52. The van der Waals surface area contributed by atoms with E-state index in [0.717, 1.165) is 40.5 Å². The molecule has 0 fully saturated rings. The van der Waals surface area contributed by atoms with Crippen LogP contribution in [0.2, 0.25) is 0 Å². The zero-order valence-electron chi connectivity index (χ0n) is 19.3. The average molecular weight is 488 g/mol. The lowest BCUT2D eigenvalue weighted by Gasteiger charge is -2.16. The molecule has 9 heteroatoms. The lowest BCUT2D eigenvalue weighted by atomic mass is 10.1. The summed E-state index contributed by atoms with van der Waals surface area (Å²) in [5.41, 5.74) is 11.6.